The predicted molar refractivity (Wildman–Crippen MR) is 46.5 cm³/mol. The van der Waals surface area contributed by atoms with E-state index < -0.39 is 0 Å². The van der Waals surface area contributed by atoms with Gasteiger partial charge in [0.1, 0.15) is 0 Å². The van der Waals surface area contributed by atoms with Crippen molar-refractivity contribution in [1.82, 2.24) is 0 Å². The molecular weight excluding hydrogens is 152 g/mol. The monoisotopic (exact) mass is 164 g/mol. The Morgan fingerprint density at radius 2 is 2.42 bits per heavy atom. The summed E-state index contributed by atoms with van der Waals surface area (Å²) in [4.78, 5) is 11.1. The first-order chi connectivity index (χ1) is 5.74. The van der Waals surface area contributed by atoms with Crippen molar-refractivity contribution in [2.75, 3.05) is 0 Å². The largest absolute Gasteiger partial charge is 0.512 e. The Morgan fingerprint density at radius 3 is 2.92 bits per heavy atom. The van der Waals surface area contributed by atoms with Crippen molar-refractivity contribution < 1.29 is 9.90 Å². The zero-order valence-corrected chi connectivity index (χ0v) is 7.13. The molecule has 12 heavy (non-hydrogen) atoms. The second kappa shape index (κ2) is 3.96. The van der Waals surface area contributed by atoms with E-state index >= 15 is 0 Å². The smallest absolute Gasteiger partial charge is 0.163 e. The third-order valence-corrected chi connectivity index (χ3v) is 1.82. The summed E-state index contributed by atoms with van der Waals surface area (Å²) < 4.78 is 0. The van der Waals surface area contributed by atoms with E-state index in [9.17, 15) is 4.79 Å². The molecule has 0 aromatic rings. The molecule has 1 N–H and O–H groups in total. The number of rotatable bonds is 1. The molecule has 2 heteroatoms. The zero-order chi connectivity index (χ0) is 8.97. The standard InChI is InChI=1S/C10H12O2/c1-2-3-4-5-8-6-9(11)7-10(8)12/h7-8,11H,2,5-6H2,1H3. The van der Waals surface area contributed by atoms with Gasteiger partial charge in [-0.05, 0) is 0 Å². The van der Waals surface area contributed by atoms with Crippen molar-refractivity contribution in [3.63, 3.8) is 0 Å². The van der Waals surface area contributed by atoms with E-state index in [1.165, 1.54) is 6.08 Å². The number of allylic oxidation sites excluding steroid dienone is 2. The minimum Gasteiger partial charge on any atom is -0.512 e. The van der Waals surface area contributed by atoms with Crippen molar-refractivity contribution in [2.24, 2.45) is 5.92 Å². The van der Waals surface area contributed by atoms with Gasteiger partial charge in [-0.25, -0.2) is 0 Å². The van der Waals surface area contributed by atoms with Gasteiger partial charge in [-0.15, -0.1) is 11.8 Å². The number of hydrogen-bond acceptors (Lipinski definition) is 2. The van der Waals surface area contributed by atoms with Crippen LogP contribution >= 0.6 is 0 Å². The van der Waals surface area contributed by atoms with Crippen LogP contribution in [0, 0.1) is 17.8 Å². The highest BCUT2D eigenvalue weighted by Crippen LogP contribution is 2.22. The Bertz CT molecular complexity index is 265. The van der Waals surface area contributed by atoms with Crippen LogP contribution in [0.5, 0.6) is 0 Å². The summed E-state index contributed by atoms with van der Waals surface area (Å²) in [5.41, 5.74) is 0. The van der Waals surface area contributed by atoms with Crippen molar-refractivity contribution >= 4 is 5.78 Å². The molecule has 0 spiro atoms. The summed E-state index contributed by atoms with van der Waals surface area (Å²) in [5, 5.41) is 9.02. The first-order valence-electron chi connectivity index (χ1n) is 4.13. The molecule has 1 aliphatic carbocycles. The van der Waals surface area contributed by atoms with Crippen molar-refractivity contribution in [2.45, 2.75) is 26.2 Å². The van der Waals surface area contributed by atoms with Gasteiger partial charge in [0.2, 0.25) is 0 Å². The highest BCUT2D eigenvalue weighted by atomic mass is 16.3. The number of carbonyl (C=O) groups excluding carboxylic acids is 1. The molecule has 1 unspecified atom stereocenters. The molecule has 2 nitrogen and oxygen atoms in total. The van der Waals surface area contributed by atoms with Crippen LogP contribution in [0.3, 0.4) is 0 Å². The predicted octanol–water partition coefficient (Wildman–Crippen LogP) is 1.82. The fraction of sp³-hybridized carbons (Fsp3) is 0.500. The quantitative estimate of drug-likeness (QED) is 0.600. The molecule has 1 atom stereocenters. The summed E-state index contributed by atoms with van der Waals surface area (Å²) in [6.45, 7) is 1.97. The summed E-state index contributed by atoms with van der Waals surface area (Å²) in [6.07, 6.45) is 3.17. The number of carbonyl (C=O) groups is 1. The molecule has 0 amide bonds. The lowest BCUT2D eigenvalue weighted by Gasteiger charge is -2.00. The highest BCUT2D eigenvalue weighted by Gasteiger charge is 2.23. The molecule has 0 heterocycles. The van der Waals surface area contributed by atoms with E-state index in [1.807, 2.05) is 6.92 Å². The molecule has 0 aliphatic heterocycles. The molecule has 1 rings (SSSR count). The Hall–Kier alpha value is -1.23. The van der Waals surface area contributed by atoms with E-state index in [0.717, 1.165) is 6.42 Å². The van der Waals surface area contributed by atoms with Crippen LogP contribution in [0.1, 0.15) is 26.2 Å². The fourth-order valence-electron chi connectivity index (χ4n) is 1.19. The van der Waals surface area contributed by atoms with Crippen molar-refractivity contribution in [3.8, 4) is 11.8 Å². The molecule has 0 bridgehead atoms. The van der Waals surface area contributed by atoms with Gasteiger partial charge in [-0.1, -0.05) is 6.92 Å². The van der Waals surface area contributed by atoms with Gasteiger partial charge >= 0.3 is 0 Å². The molecule has 0 saturated heterocycles. The molecular formula is C10H12O2. The summed E-state index contributed by atoms with van der Waals surface area (Å²) in [7, 11) is 0. The van der Waals surface area contributed by atoms with E-state index in [4.69, 9.17) is 5.11 Å². The second-order valence-corrected chi connectivity index (χ2v) is 2.85. The van der Waals surface area contributed by atoms with Crippen LogP contribution < -0.4 is 0 Å². The summed E-state index contributed by atoms with van der Waals surface area (Å²) in [5.74, 6) is 5.93. The lowest BCUT2D eigenvalue weighted by atomic mass is 10.0. The molecule has 0 radical (unpaired) electrons. The third kappa shape index (κ3) is 2.13. The Balaban J connectivity index is 2.42. The van der Waals surface area contributed by atoms with Gasteiger partial charge < -0.3 is 5.11 Å². The van der Waals surface area contributed by atoms with E-state index in [1.54, 1.807) is 0 Å². The molecule has 64 valence electrons. The van der Waals surface area contributed by atoms with Gasteiger partial charge in [0.25, 0.3) is 0 Å². The van der Waals surface area contributed by atoms with Crippen LogP contribution in [0.4, 0.5) is 0 Å². The lowest BCUT2D eigenvalue weighted by Crippen LogP contribution is -2.04. The molecule has 0 saturated carbocycles. The van der Waals surface area contributed by atoms with Crippen LogP contribution in [0.25, 0.3) is 0 Å². The summed E-state index contributed by atoms with van der Waals surface area (Å²) >= 11 is 0. The van der Waals surface area contributed by atoms with Gasteiger partial charge in [-0.2, -0.15) is 0 Å². The van der Waals surface area contributed by atoms with E-state index in [-0.39, 0.29) is 17.5 Å². The first kappa shape index (κ1) is 8.86. The average Bonchev–Trinajstić information content (AvgIpc) is 2.31. The number of ketones is 1. The third-order valence-electron chi connectivity index (χ3n) is 1.82. The Morgan fingerprint density at radius 1 is 1.67 bits per heavy atom. The maximum absolute atomic E-state index is 11.1. The minimum absolute atomic E-state index is 0.0119. The number of hydrogen-bond donors (Lipinski definition) is 1. The van der Waals surface area contributed by atoms with Gasteiger partial charge in [0, 0.05) is 31.3 Å². The number of aliphatic hydroxyl groups is 1. The molecule has 1 aliphatic rings. The van der Waals surface area contributed by atoms with Gasteiger partial charge in [-0.3, -0.25) is 4.79 Å². The normalized spacial score (nSPS) is 21.6. The Kier molecular flexibility index (Phi) is 2.93. The van der Waals surface area contributed by atoms with Crippen LogP contribution in [-0.4, -0.2) is 10.9 Å². The van der Waals surface area contributed by atoms with Crippen LogP contribution in [0.2, 0.25) is 0 Å². The fourth-order valence-corrected chi connectivity index (χ4v) is 1.19. The van der Waals surface area contributed by atoms with Gasteiger partial charge in [0.15, 0.2) is 5.78 Å². The van der Waals surface area contributed by atoms with Gasteiger partial charge in [0.05, 0.1) is 5.76 Å². The maximum atomic E-state index is 11.1. The molecule has 0 aromatic carbocycles. The summed E-state index contributed by atoms with van der Waals surface area (Å²) in [6, 6.07) is 0. The van der Waals surface area contributed by atoms with Crippen molar-refractivity contribution in [1.29, 1.82) is 0 Å². The molecule has 0 aromatic heterocycles. The Labute approximate surface area is 72.3 Å². The number of aliphatic hydroxyl groups excluding tert-OH is 1. The maximum Gasteiger partial charge on any atom is 0.163 e. The first-order valence-corrected chi connectivity index (χ1v) is 4.13. The van der Waals surface area contributed by atoms with Crippen LogP contribution in [0.15, 0.2) is 11.8 Å². The van der Waals surface area contributed by atoms with Crippen LogP contribution in [-0.2, 0) is 4.79 Å². The average molecular weight is 164 g/mol. The second-order valence-electron chi connectivity index (χ2n) is 2.85. The topological polar surface area (TPSA) is 37.3 Å². The van der Waals surface area contributed by atoms with E-state index in [0.29, 0.717) is 12.8 Å². The zero-order valence-electron chi connectivity index (χ0n) is 7.13. The van der Waals surface area contributed by atoms with Crippen molar-refractivity contribution in [3.05, 3.63) is 11.8 Å². The molecule has 0 fully saturated rings. The van der Waals surface area contributed by atoms with E-state index in [2.05, 4.69) is 11.8 Å². The SMILES string of the molecule is CCC#CCC1CC(O)=CC1=O. The highest BCUT2D eigenvalue weighted by molar-refractivity contribution is 5.94. The lowest BCUT2D eigenvalue weighted by molar-refractivity contribution is -0.117. The minimum atomic E-state index is -0.0935.